The molecule has 0 bridgehead atoms. The average Bonchev–Trinajstić information content (AvgIpc) is 2.47. The predicted molar refractivity (Wildman–Crippen MR) is 54.2 cm³/mol. The lowest BCUT2D eigenvalue weighted by atomic mass is 10.0. The molecule has 0 aliphatic heterocycles. The van der Waals surface area contributed by atoms with Crippen molar-refractivity contribution in [2.45, 2.75) is 19.4 Å². The first kappa shape index (κ1) is 8.52. The number of aliphatic hydroxyl groups excluding tert-OH is 1. The molecule has 0 radical (unpaired) electrons. The predicted octanol–water partition coefficient (Wildman–Crippen LogP) is 2.47. The van der Waals surface area contributed by atoms with Crippen LogP contribution in [0.15, 0.2) is 36.4 Å². The fraction of sp³-hybridized carbons (Fsp3) is 0.333. The van der Waals surface area contributed by atoms with Gasteiger partial charge in [0.15, 0.2) is 0 Å². The van der Waals surface area contributed by atoms with E-state index in [4.69, 9.17) is 0 Å². The largest absolute Gasteiger partial charge is 0.388 e. The number of benzene rings is 1. The average molecular weight is 174 g/mol. The molecule has 1 aromatic carbocycles. The van der Waals surface area contributed by atoms with Crippen molar-refractivity contribution in [1.29, 1.82) is 0 Å². The van der Waals surface area contributed by atoms with Crippen LogP contribution in [0, 0.1) is 5.92 Å². The summed E-state index contributed by atoms with van der Waals surface area (Å²) in [5.41, 5.74) is 2.24. The van der Waals surface area contributed by atoms with Gasteiger partial charge >= 0.3 is 0 Å². The Kier molecular flexibility index (Phi) is 2.19. The molecule has 0 heterocycles. The van der Waals surface area contributed by atoms with Crippen LogP contribution < -0.4 is 0 Å². The SMILES string of the molecule is CC1C=C(c2ccccc2)C(O)C1. The van der Waals surface area contributed by atoms with E-state index in [9.17, 15) is 5.11 Å². The number of aliphatic hydroxyl groups is 1. The zero-order valence-electron chi connectivity index (χ0n) is 7.77. The first-order valence-corrected chi connectivity index (χ1v) is 4.72. The number of allylic oxidation sites excluding steroid dienone is 1. The summed E-state index contributed by atoms with van der Waals surface area (Å²) >= 11 is 0. The fourth-order valence-electron chi connectivity index (χ4n) is 1.88. The van der Waals surface area contributed by atoms with Gasteiger partial charge in [0.05, 0.1) is 6.10 Å². The minimum Gasteiger partial charge on any atom is -0.388 e. The van der Waals surface area contributed by atoms with Crippen LogP contribution in [0.1, 0.15) is 18.9 Å². The summed E-state index contributed by atoms with van der Waals surface area (Å²) in [6, 6.07) is 10.1. The molecule has 1 aliphatic carbocycles. The minimum atomic E-state index is -0.266. The van der Waals surface area contributed by atoms with Gasteiger partial charge in [0, 0.05) is 0 Å². The highest BCUT2D eigenvalue weighted by molar-refractivity contribution is 5.70. The zero-order chi connectivity index (χ0) is 9.26. The standard InChI is InChI=1S/C12H14O/c1-9-7-11(12(13)8-9)10-5-3-2-4-6-10/h2-7,9,12-13H,8H2,1H3. The number of hydrogen-bond donors (Lipinski definition) is 1. The molecular formula is C12H14O. The lowest BCUT2D eigenvalue weighted by molar-refractivity contribution is 0.220. The number of hydrogen-bond acceptors (Lipinski definition) is 1. The first-order valence-electron chi connectivity index (χ1n) is 4.72. The second-order valence-corrected chi connectivity index (χ2v) is 3.72. The van der Waals surface area contributed by atoms with Crippen molar-refractivity contribution in [1.82, 2.24) is 0 Å². The Labute approximate surface area is 78.7 Å². The van der Waals surface area contributed by atoms with Crippen LogP contribution >= 0.6 is 0 Å². The van der Waals surface area contributed by atoms with Crippen LogP contribution in [0.4, 0.5) is 0 Å². The Bertz CT molecular complexity index is 313. The van der Waals surface area contributed by atoms with Crippen molar-refractivity contribution >= 4 is 5.57 Å². The monoisotopic (exact) mass is 174 g/mol. The van der Waals surface area contributed by atoms with Crippen molar-refractivity contribution in [3.8, 4) is 0 Å². The molecule has 1 nitrogen and oxygen atoms in total. The summed E-state index contributed by atoms with van der Waals surface area (Å²) < 4.78 is 0. The van der Waals surface area contributed by atoms with Gasteiger partial charge in [-0.15, -0.1) is 0 Å². The molecule has 2 unspecified atom stereocenters. The van der Waals surface area contributed by atoms with Crippen LogP contribution in [-0.2, 0) is 0 Å². The van der Waals surface area contributed by atoms with E-state index in [1.165, 1.54) is 0 Å². The summed E-state index contributed by atoms with van der Waals surface area (Å²) in [6.45, 7) is 2.14. The minimum absolute atomic E-state index is 0.266. The number of rotatable bonds is 1. The molecule has 0 amide bonds. The van der Waals surface area contributed by atoms with Crippen molar-refractivity contribution in [3.05, 3.63) is 42.0 Å². The van der Waals surface area contributed by atoms with Crippen LogP contribution in [0.3, 0.4) is 0 Å². The second kappa shape index (κ2) is 3.35. The molecule has 0 saturated heterocycles. The van der Waals surface area contributed by atoms with E-state index in [-0.39, 0.29) is 6.10 Å². The lowest BCUT2D eigenvalue weighted by Gasteiger charge is -2.07. The molecule has 2 rings (SSSR count). The molecule has 0 aromatic heterocycles. The summed E-state index contributed by atoms with van der Waals surface area (Å²) in [5, 5.41) is 9.74. The highest BCUT2D eigenvalue weighted by atomic mass is 16.3. The van der Waals surface area contributed by atoms with Gasteiger partial charge in [-0.1, -0.05) is 43.3 Å². The van der Waals surface area contributed by atoms with Crippen molar-refractivity contribution < 1.29 is 5.11 Å². The van der Waals surface area contributed by atoms with E-state index < -0.39 is 0 Å². The highest BCUT2D eigenvalue weighted by Crippen LogP contribution is 2.31. The van der Waals surface area contributed by atoms with Gasteiger partial charge in [-0.25, -0.2) is 0 Å². The molecule has 1 aliphatic rings. The van der Waals surface area contributed by atoms with Crippen molar-refractivity contribution in [3.63, 3.8) is 0 Å². The Morgan fingerprint density at radius 3 is 2.46 bits per heavy atom. The zero-order valence-corrected chi connectivity index (χ0v) is 7.77. The van der Waals surface area contributed by atoms with E-state index in [1.807, 2.05) is 30.3 Å². The fourth-order valence-corrected chi connectivity index (χ4v) is 1.88. The third-order valence-electron chi connectivity index (χ3n) is 2.53. The van der Waals surface area contributed by atoms with Gasteiger partial charge in [0.25, 0.3) is 0 Å². The van der Waals surface area contributed by atoms with E-state index in [0.29, 0.717) is 5.92 Å². The third-order valence-corrected chi connectivity index (χ3v) is 2.53. The molecule has 0 saturated carbocycles. The van der Waals surface area contributed by atoms with E-state index >= 15 is 0 Å². The van der Waals surface area contributed by atoms with Gasteiger partial charge in [-0.2, -0.15) is 0 Å². The van der Waals surface area contributed by atoms with E-state index in [0.717, 1.165) is 17.6 Å². The van der Waals surface area contributed by atoms with E-state index in [1.54, 1.807) is 0 Å². The lowest BCUT2D eigenvalue weighted by Crippen LogP contribution is -2.04. The molecule has 1 heteroatoms. The van der Waals surface area contributed by atoms with Crippen molar-refractivity contribution in [2.75, 3.05) is 0 Å². The quantitative estimate of drug-likeness (QED) is 0.693. The summed E-state index contributed by atoms with van der Waals surface area (Å²) in [6.07, 6.45) is 2.77. The Morgan fingerprint density at radius 1 is 1.23 bits per heavy atom. The molecule has 0 spiro atoms. The second-order valence-electron chi connectivity index (χ2n) is 3.72. The Balaban J connectivity index is 2.32. The van der Waals surface area contributed by atoms with Gasteiger partial charge in [-0.3, -0.25) is 0 Å². The Morgan fingerprint density at radius 2 is 1.92 bits per heavy atom. The molecule has 68 valence electrons. The van der Waals surface area contributed by atoms with Crippen LogP contribution in [0.25, 0.3) is 5.57 Å². The van der Waals surface area contributed by atoms with Crippen LogP contribution in [0.5, 0.6) is 0 Å². The summed E-state index contributed by atoms with van der Waals surface area (Å²) in [7, 11) is 0. The summed E-state index contributed by atoms with van der Waals surface area (Å²) in [4.78, 5) is 0. The van der Waals surface area contributed by atoms with Gasteiger partial charge in [0.2, 0.25) is 0 Å². The maximum atomic E-state index is 9.74. The smallest absolute Gasteiger partial charge is 0.0798 e. The molecule has 2 atom stereocenters. The van der Waals surface area contributed by atoms with E-state index in [2.05, 4.69) is 13.0 Å². The topological polar surface area (TPSA) is 20.2 Å². The molecular weight excluding hydrogens is 160 g/mol. The third kappa shape index (κ3) is 1.65. The summed E-state index contributed by atoms with van der Waals surface area (Å²) in [5.74, 6) is 0.505. The maximum absolute atomic E-state index is 9.74. The van der Waals surface area contributed by atoms with Gasteiger partial charge < -0.3 is 5.11 Å². The van der Waals surface area contributed by atoms with Crippen LogP contribution in [0.2, 0.25) is 0 Å². The first-order chi connectivity index (χ1) is 6.27. The van der Waals surface area contributed by atoms with Gasteiger partial charge in [0.1, 0.15) is 0 Å². The van der Waals surface area contributed by atoms with Crippen molar-refractivity contribution in [2.24, 2.45) is 5.92 Å². The van der Waals surface area contributed by atoms with Gasteiger partial charge in [-0.05, 0) is 23.5 Å². The molecule has 13 heavy (non-hydrogen) atoms. The maximum Gasteiger partial charge on any atom is 0.0798 e. The Hall–Kier alpha value is -1.08. The highest BCUT2D eigenvalue weighted by Gasteiger charge is 2.22. The molecule has 0 fully saturated rings. The normalized spacial score (nSPS) is 27.4. The molecule has 1 aromatic rings. The molecule has 1 N–H and O–H groups in total. The van der Waals surface area contributed by atoms with Crippen LogP contribution in [-0.4, -0.2) is 11.2 Å².